The molecule has 0 fully saturated rings. The molecule has 4 nitrogen and oxygen atoms in total. The first-order valence-corrected chi connectivity index (χ1v) is 7.85. The van der Waals surface area contributed by atoms with Gasteiger partial charge in [-0.3, -0.25) is 4.79 Å². The molecule has 2 aromatic rings. The number of aromatic nitrogens is 3. The van der Waals surface area contributed by atoms with Gasteiger partial charge in [0, 0.05) is 17.8 Å². The SMILES string of the molecule is CCCCCc1nn2ccc(=O)[nH]c2c1CCCCC. The molecule has 0 saturated carbocycles. The number of nitrogens with zero attached hydrogens (tertiary/aromatic N) is 2. The molecule has 0 bridgehead atoms. The van der Waals surface area contributed by atoms with Crippen LogP contribution in [0.5, 0.6) is 0 Å². The first-order valence-electron chi connectivity index (χ1n) is 7.85. The number of fused-ring (bicyclic) bond motifs is 1. The molecule has 0 aliphatic heterocycles. The first-order chi connectivity index (χ1) is 9.76. The third-order valence-electron chi connectivity index (χ3n) is 3.75. The summed E-state index contributed by atoms with van der Waals surface area (Å²) in [6.45, 7) is 4.42. The van der Waals surface area contributed by atoms with Gasteiger partial charge in [-0.05, 0) is 25.7 Å². The lowest BCUT2D eigenvalue weighted by atomic mass is 10.0. The maximum Gasteiger partial charge on any atom is 0.251 e. The van der Waals surface area contributed by atoms with E-state index in [1.54, 1.807) is 6.20 Å². The fraction of sp³-hybridized carbons (Fsp3) is 0.625. The van der Waals surface area contributed by atoms with E-state index in [9.17, 15) is 4.79 Å². The Morgan fingerprint density at radius 1 is 1.10 bits per heavy atom. The number of hydrogen-bond donors (Lipinski definition) is 1. The van der Waals surface area contributed by atoms with Crippen molar-refractivity contribution in [2.75, 3.05) is 0 Å². The highest BCUT2D eigenvalue weighted by atomic mass is 16.1. The van der Waals surface area contributed by atoms with Crippen molar-refractivity contribution in [2.45, 2.75) is 65.2 Å². The van der Waals surface area contributed by atoms with Crippen molar-refractivity contribution in [1.29, 1.82) is 0 Å². The minimum atomic E-state index is -0.0470. The van der Waals surface area contributed by atoms with E-state index in [2.05, 4.69) is 23.9 Å². The predicted octanol–water partition coefficient (Wildman–Crippen LogP) is 3.49. The Kier molecular flexibility index (Phi) is 5.39. The van der Waals surface area contributed by atoms with Crippen molar-refractivity contribution < 1.29 is 0 Å². The van der Waals surface area contributed by atoms with Gasteiger partial charge >= 0.3 is 0 Å². The van der Waals surface area contributed by atoms with E-state index in [1.165, 1.54) is 43.7 Å². The number of unbranched alkanes of at least 4 members (excludes halogenated alkanes) is 4. The Morgan fingerprint density at radius 3 is 2.50 bits per heavy atom. The van der Waals surface area contributed by atoms with Gasteiger partial charge in [-0.1, -0.05) is 39.5 Å². The van der Waals surface area contributed by atoms with Crippen molar-refractivity contribution in [1.82, 2.24) is 14.6 Å². The van der Waals surface area contributed by atoms with Crippen LogP contribution in [0.1, 0.15) is 63.6 Å². The molecule has 110 valence electrons. The fourth-order valence-corrected chi connectivity index (χ4v) is 2.61. The molecule has 2 aromatic heterocycles. The summed E-state index contributed by atoms with van der Waals surface area (Å²) in [7, 11) is 0. The van der Waals surface area contributed by atoms with Crippen molar-refractivity contribution in [3.63, 3.8) is 0 Å². The van der Waals surface area contributed by atoms with Crippen LogP contribution >= 0.6 is 0 Å². The fourth-order valence-electron chi connectivity index (χ4n) is 2.61. The molecule has 2 rings (SSSR count). The van der Waals surface area contributed by atoms with Gasteiger partial charge in [0.25, 0.3) is 5.56 Å². The summed E-state index contributed by atoms with van der Waals surface area (Å²) >= 11 is 0. The van der Waals surface area contributed by atoms with Crippen molar-refractivity contribution >= 4 is 5.65 Å². The van der Waals surface area contributed by atoms with Gasteiger partial charge in [-0.25, -0.2) is 4.52 Å². The van der Waals surface area contributed by atoms with Crippen LogP contribution in [-0.2, 0) is 12.8 Å². The topological polar surface area (TPSA) is 50.2 Å². The molecule has 2 heterocycles. The van der Waals surface area contributed by atoms with E-state index in [0.29, 0.717) is 0 Å². The molecule has 1 N–H and O–H groups in total. The minimum absolute atomic E-state index is 0.0470. The standard InChI is InChI=1S/C16H25N3O/c1-3-5-7-9-13-14(10-8-6-4-2)18-19-12-11-15(20)17-16(13)19/h11-12H,3-10H2,1-2H3,(H,17,20). The quantitative estimate of drug-likeness (QED) is 0.750. The Labute approximate surface area is 120 Å². The summed E-state index contributed by atoms with van der Waals surface area (Å²) in [4.78, 5) is 14.5. The van der Waals surface area contributed by atoms with Crippen LogP contribution in [0.2, 0.25) is 0 Å². The average Bonchev–Trinajstić information content (AvgIpc) is 2.77. The summed E-state index contributed by atoms with van der Waals surface area (Å²) in [6.07, 6.45) is 11.0. The van der Waals surface area contributed by atoms with Crippen molar-refractivity contribution in [3.05, 3.63) is 33.9 Å². The zero-order valence-electron chi connectivity index (χ0n) is 12.6. The molecule has 0 amide bonds. The second kappa shape index (κ2) is 7.27. The second-order valence-corrected chi connectivity index (χ2v) is 5.44. The van der Waals surface area contributed by atoms with Gasteiger partial charge in [0.15, 0.2) is 0 Å². The summed E-state index contributed by atoms with van der Waals surface area (Å²) in [5.41, 5.74) is 3.25. The molecule has 0 spiro atoms. The number of aryl methyl sites for hydroxylation is 2. The van der Waals surface area contributed by atoms with E-state index in [-0.39, 0.29) is 5.56 Å². The third-order valence-corrected chi connectivity index (χ3v) is 3.75. The van der Waals surface area contributed by atoms with Gasteiger partial charge in [0.05, 0.1) is 5.69 Å². The molecule has 0 aromatic carbocycles. The minimum Gasteiger partial charge on any atom is -0.307 e. The third kappa shape index (κ3) is 3.50. The highest BCUT2D eigenvalue weighted by molar-refractivity contribution is 5.49. The lowest BCUT2D eigenvalue weighted by Crippen LogP contribution is -2.06. The summed E-state index contributed by atoms with van der Waals surface area (Å²) in [5, 5.41) is 4.65. The monoisotopic (exact) mass is 275 g/mol. The summed E-state index contributed by atoms with van der Waals surface area (Å²) in [6, 6.07) is 1.53. The lowest BCUT2D eigenvalue weighted by molar-refractivity contribution is 0.685. The predicted molar refractivity (Wildman–Crippen MR) is 82.3 cm³/mol. The lowest BCUT2D eigenvalue weighted by Gasteiger charge is -2.02. The zero-order chi connectivity index (χ0) is 14.4. The van der Waals surface area contributed by atoms with Crippen LogP contribution in [-0.4, -0.2) is 14.6 Å². The number of rotatable bonds is 8. The molecule has 0 aliphatic rings. The van der Waals surface area contributed by atoms with E-state index >= 15 is 0 Å². The Morgan fingerprint density at radius 2 is 1.80 bits per heavy atom. The van der Waals surface area contributed by atoms with Gasteiger partial charge in [0.2, 0.25) is 0 Å². The molecule has 4 heteroatoms. The molecule has 0 radical (unpaired) electrons. The zero-order valence-corrected chi connectivity index (χ0v) is 12.6. The van der Waals surface area contributed by atoms with E-state index in [4.69, 9.17) is 0 Å². The smallest absolute Gasteiger partial charge is 0.251 e. The van der Waals surface area contributed by atoms with Crippen LogP contribution in [0, 0.1) is 0 Å². The molecule has 0 aliphatic carbocycles. The molecule has 0 saturated heterocycles. The van der Waals surface area contributed by atoms with Crippen LogP contribution in [0.3, 0.4) is 0 Å². The largest absolute Gasteiger partial charge is 0.307 e. The van der Waals surface area contributed by atoms with Crippen LogP contribution in [0.4, 0.5) is 0 Å². The van der Waals surface area contributed by atoms with E-state index < -0.39 is 0 Å². The molecule has 20 heavy (non-hydrogen) atoms. The highest BCUT2D eigenvalue weighted by Gasteiger charge is 2.12. The van der Waals surface area contributed by atoms with Gasteiger partial charge in [-0.2, -0.15) is 5.10 Å². The average molecular weight is 275 g/mol. The molecule has 0 atom stereocenters. The van der Waals surface area contributed by atoms with Crippen molar-refractivity contribution in [2.24, 2.45) is 0 Å². The Hall–Kier alpha value is -1.58. The number of H-pyrrole nitrogens is 1. The first kappa shape index (κ1) is 14.8. The summed E-state index contributed by atoms with van der Waals surface area (Å²) < 4.78 is 1.82. The molecular formula is C16H25N3O. The van der Waals surface area contributed by atoms with Crippen LogP contribution < -0.4 is 5.56 Å². The number of nitrogens with one attached hydrogen (secondary N) is 1. The van der Waals surface area contributed by atoms with Gasteiger partial charge in [-0.15, -0.1) is 0 Å². The summed E-state index contributed by atoms with van der Waals surface area (Å²) in [5.74, 6) is 0. The van der Waals surface area contributed by atoms with Crippen LogP contribution in [0.15, 0.2) is 17.1 Å². The van der Waals surface area contributed by atoms with Gasteiger partial charge < -0.3 is 4.98 Å². The molecular weight excluding hydrogens is 250 g/mol. The van der Waals surface area contributed by atoms with E-state index in [1.807, 2.05) is 4.52 Å². The number of aromatic amines is 1. The highest BCUT2D eigenvalue weighted by Crippen LogP contribution is 2.18. The van der Waals surface area contributed by atoms with Gasteiger partial charge in [0.1, 0.15) is 5.65 Å². The normalized spacial score (nSPS) is 11.3. The Balaban J connectivity index is 2.28. The maximum absolute atomic E-state index is 11.5. The second-order valence-electron chi connectivity index (χ2n) is 5.44. The Bertz CT molecular complexity index is 597. The van der Waals surface area contributed by atoms with Crippen LogP contribution in [0.25, 0.3) is 5.65 Å². The van der Waals surface area contributed by atoms with E-state index in [0.717, 1.165) is 30.6 Å². The number of hydrogen-bond acceptors (Lipinski definition) is 2. The van der Waals surface area contributed by atoms with Crippen molar-refractivity contribution in [3.8, 4) is 0 Å². The maximum atomic E-state index is 11.5. The molecule has 0 unspecified atom stereocenters.